The second-order valence-corrected chi connectivity index (χ2v) is 3.48. The van der Waals surface area contributed by atoms with Gasteiger partial charge in [0.25, 0.3) is 0 Å². The quantitative estimate of drug-likeness (QED) is 0.750. The van der Waals surface area contributed by atoms with Crippen LogP contribution < -0.4 is 5.32 Å². The van der Waals surface area contributed by atoms with Crippen LogP contribution in [0.2, 0.25) is 0 Å². The Morgan fingerprint density at radius 1 is 1.43 bits per heavy atom. The van der Waals surface area contributed by atoms with Gasteiger partial charge in [0.1, 0.15) is 0 Å². The number of rotatable bonds is 5. The third-order valence-corrected chi connectivity index (χ3v) is 2.54. The minimum absolute atomic E-state index is 0. The van der Waals surface area contributed by atoms with Gasteiger partial charge in [-0.25, -0.2) is 0 Å². The molecule has 0 aromatic carbocycles. The number of nitrogens with zero attached hydrogens (tertiary/aromatic N) is 1. The Morgan fingerprint density at radius 2 is 2.14 bits per heavy atom. The van der Waals surface area contributed by atoms with Crippen molar-refractivity contribution in [1.29, 1.82) is 0 Å². The molecule has 1 aliphatic heterocycles. The number of likely N-dealkylation sites (N-methyl/N-ethyl adjacent to an activating group) is 1. The van der Waals surface area contributed by atoms with Crippen LogP contribution in [0.3, 0.4) is 0 Å². The number of aliphatic hydroxyl groups is 1. The molecule has 0 saturated carbocycles. The molecule has 1 unspecified atom stereocenters. The van der Waals surface area contributed by atoms with E-state index in [-0.39, 0.29) is 31.4 Å². The predicted octanol–water partition coefficient (Wildman–Crippen LogP) is 0.754. The van der Waals surface area contributed by atoms with Gasteiger partial charge in [0.05, 0.1) is 6.61 Å². The van der Waals surface area contributed by atoms with E-state index < -0.39 is 0 Å². The van der Waals surface area contributed by atoms with Gasteiger partial charge in [-0.3, -0.25) is 0 Å². The lowest BCUT2D eigenvalue weighted by Crippen LogP contribution is -2.32. The van der Waals surface area contributed by atoms with E-state index in [1.54, 1.807) is 0 Å². The van der Waals surface area contributed by atoms with Gasteiger partial charge in [-0.1, -0.05) is 6.92 Å². The van der Waals surface area contributed by atoms with Gasteiger partial charge in [-0.15, -0.1) is 24.8 Å². The third-order valence-electron chi connectivity index (χ3n) is 2.54. The van der Waals surface area contributed by atoms with Crippen molar-refractivity contribution in [2.75, 3.05) is 39.3 Å². The zero-order chi connectivity index (χ0) is 8.81. The summed E-state index contributed by atoms with van der Waals surface area (Å²) in [5, 5.41) is 12.1. The maximum Gasteiger partial charge on any atom is 0.0558 e. The smallest absolute Gasteiger partial charge is 0.0558 e. The molecule has 3 nitrogen and oxygen atoms in total. The average molecular weight is 245 g/mol. The first-order chi connectivity index (χ1) is 5.86. The number of hydrogen-bond acceptors (Lipinski definition) is 3. The summed E-state index contributed by atoms with van der Waals surface area (Å²) < 4.78 is 0. The molecular weight excluding hydrogens is 223 g/mol. The van der Waals surface area contributed by atoms with Crippen molar-refractivity contribution in [1.82, 2.24) is 10.2 Å². The van der Waals surface area contributed by atoms with Crippen LogP contribution in [0.25, 0.3) is 0 Å². The lowest BCUT2D eigenvalue weighted by molar-refractivity contribution is 0.184. The first-order valence-electron chi connectivity index (χ1n) is 4.90. The van der Waals surface area contributed by atoms with Crippen molar-refractivity contribution >= 4 is 24.8 Å². The molecule has 1 aliphatic rings. The van der Waals surface area contributed by atoms with Gasteiger partial charge in [0.15, 0.2) is 0 Å². The maximum absolute atomic E-state index is 8.78. The van der Waals surface area contributed by atoms with Gasteiger partial charge in [0.2, 0.25) is 0 Å². The molecule has 0 radical (unpaired) electrons. The van der Waals surface area contributed by atoms with Crippen LogP contribution in [0.5, 0.6) is 0 Å². The van der Waals surface area contributed by atoms with E-state index in [0.29, 0.717) is 0 Å². The molecule has 5 heteroatoms. The van der Waals surface area contributed by atoms with Crippen LogP contribution in [-0.4, -0.2) is 49.3 Å². The van der Waals surface area contributed by atoms with Crippen molar-refractivity contribution in [3.05, 3.63) is 0 Å². The minimum Gasteiger partial charge on any atom is -0.395 e. The van der Waals surface area contributed by atoms with Crippen LogP contribution in [0, 0.1) is 5.92 Å². The highest BCUT2D eigenvalue weighted by Gasteiger charge is 2.16. The summed E-state index contributed by atoms with van der Waals surface area (Å²) in [7, 11) is 0. The lowest BCUT2D eigenvalue weighted by Gasteiger charge is -2.22. The molecule has 2 N–H and O–H groups in total. The second kappa shape index (κ2) is 9.99. The standard InChI is InChI=1S/C9H20N2O.2ClH/c1-2-11(5-6-12)8-9-3-4-10-7-9;;/h9-10,12H,2-8H2,1H3;2*1H. The number of hydrogen-bond donors (Lipinski definition) is 2. The number of halogens is 2. The van der Waals surface area contributed by atoms with Crippen LogP contribution in [-0.2, 0) is 0 Å². The molecule has 1 saturated heterocycles. The van der Waals surface area contributed by atoms with Gasteiger partial charge in [0, 0.05) is 13.1 Å². The summed E-state index contributed by atoms with van der Waals surface area (Å²) in [4.78, 5) is 2.32. The summed E-state index contributed by atoms with van der Waals surface area (Å²) in [5.74, 6) is 0.802. The predicted molar refractivity (Wildman–Crippen MR) is 64.7 cm³/mol. The maximum atomic E-state index is 8.78. The van der Waals surface area contributed by atoms with E-state index in [2.05, 4.69) is 17.1 Å². The fourth-order valence-corrected chi connectivity index (χ4v) is 1.76. The topological polar surface area (TPSA) is 35.5 Å². The average Bonchev–Trinajstić information content (AvgIpc) is 2.56. The first kappa shape index (κ1) is 16.9. The van der Waals surface area contributed by atoms with E-state index in [1.807, 2.05) is 0 Å². The molecule has 0 spiro atoms. The highest BCUT2D eigenvalue weighted by molar-refractivity contribution is 5.85. The molecular formula is C9H22Cl2N2O. The molecule has 1 rings (SSSR count). The van der Waals surface area contributed by atoms with E-state index in [4.69, 9.17) is 5.11 Å². The lowest BCUT2D eigenvalue weighted by atomic mass is 10.1. The Morgan fingerprint density at radius 3 is 2.57 bits per heavy atom. The van der Waals surface area contributed by atoms with Crippen molar-refractivity contribution in [3.8, 4) is 0 Å². The second-order valence-electron chi connectivity index (χ2n) is 3.48. The van der Waals surface area contributed by atoms with Crippen LogP contribution in [0.4, 0.5) is 0 Å². The van der Waals surface area contributed by atoms with Crippen LogP contribution in [0.15, 0.2) is 0 Å². The molecule has 88 valence electrons. The van der Waals surface area contributed by atoms with Gasteiger partial charge >= 0.3 is 0 Å². The Hall–Kier alpha value is 0.460. The summed E-state index contributed by atoms with van der Waals surface area (Å²) in [6, 6.07) is 0. The molecule has 0 aromatic rings. The molecule has 0 aromatic heterocycles. The number of aliphatic hydroxyl groups excluding tert-OH is 1. The fraction of sp³-hybridized carbons (Fsp3) is 1.00. The van der Waals surface area contributed by atoms with Gasteiger partial charge < -0.3 is 15.3 Å². The van der Waals surface area contributed by atoms with Crippen molar-refractivity contribution in [2.45, 2.75) is 13.3 Å². The van der Waals surface area contributed by atoms with Gasteiger partial charge in [-0.05, 0) is 32.0 Å². The zero-order valence-corrected chi connectivity index (χ0v) is 10.4. The van der Waals surface area contributed by atoms with E-state index in [1.165, 1.54) is 13.0 Å². The molecule has 0 aliphatic carbocycles. The van der Waals surface area contributed by atoms with Crippen LogP contribution >= 0.6 is 24.8 Å². The van der Waals surface area contributed by atoms with E-state index in [9.17, 15) is 0 Å². The van der Waals surface area contributed by atoms with Gasteiger partial charge in [-0.2, -0.15) is 0 Å². The normalized spacial score (nSPS) is 20.4. The monoisotopic (exact) mass is 244 g/mol. The van der Waals surface area contributed by atoms with E-state index in [0.717, 1.165) is 32.1 Å². The SMILES string of the molecule is CCN(CCO)CC1CCNC1.Cl.Cl. The Labute approximate surface area is 99.1 Å². The Balaban J connectivity index is 0. The van der Waals surface area contributed by atoms with Crippen LogP contribution in [0.1, 0.15) is 13.3 Å². The summed E-state index contributed by atoms with van der Waals surface area (Å²) in [5.41, 5.74) is 0. The first-order valence-corrected chi connectivity index (χ1v) is 4.90. The van der Waals surface area contributed by atoms with E-state index >= 15 is 0 Å². The fourth-order valence-electron chi connectivity index (χ4n) is 1.76. The molecule has 14 heavy (non-hydrogen) atoms. The Kier molecular flexibility index (Phi) is 12.0. The van der Waals surface area contributed by atoms with Crippen molar-refractivity contribution in [2.24, 2.45) is 5.92 Å². The summed E-state index contributed by atoms with van der Waals surface area (Å²) in [6.45, 7) is 7.78. The largest absolute Gasteiger partial charge is 0.395 e. The zero-order valence-electron chi connectivity index (χ0n) is 8.74. The molecule has 1 atom stereocenters. The Bertz CT molecular complexity index is 121. The minimum atomic E-state index is 0. The van der Waals surface area contributed by atoms with Crippen molar-refractivity contribution < 1.29 is 5.11 Å². The highest BCUT2D eigenvalue weighted by Crippen LogP contribution is 2.08. The molecule has 0 bridgehead atoms. The van der Waals surface area contributed by atoms with Crippen molar-refractivity contribution in [3.63, 3.8) is 0 Å². The number of nitrogens with one attached hydrogen (secondary N) is 1. The molecule has 1 fully saturated rings. The third kappa shape index (κ3) is 6.04. The molecule has 0 amide bonds. The summed E-state index contributed by atoms with van der Waals surface area (Å²) >= 11 is 0. The summed E-state index contributed by atoms with van der Waals surface area (Å²) in [6.07, 6.45) is 1.29. The highest BCUT2D eigenvalue weighted by atomic mass is 35.5. The molecule has 1 heterocycles.